The molecule has 18 heavy (non-hydrogen) atoms. The van der Waals surface area contributed by atoms with Crippen molar-refractivity contribution in [3.63, 3.8) is 0 Å². The second kappa shape index (κ2) is 7.92. The maximum absolute atomic E-state index is 4.73. The minimum Gasteiger partial charge on any atom is -0.369 e. The molecule has 0 radical (unpaired) electrons. The van der Waals surface area contributed by atoms with Crippen LogP contribution < -0.4 is 5.32 Å². The molecule has 0 aliphatic rings. The first-order valence-electron chi connectivity index (χ1n) is 6.87. The molecular weight excluding hydrogens is 337 g/mol. The highest BCUT2D eigenvalue weighted by atomic mass is 127. The fourth-order valence-electron chi connectivity index (χ4n) is 1.80. The third-order valence-electron chi connectivity index (χ3n) is 2.67. The largest absolute Gasteiger partial charge is 0.369 e. The molecule has 1 heterocycles. The summed E-state index contributed by atoms with van der Waals surface area (Å²) < 4.78 is 1.18. The van der Waals surface area contributed by atoms with Crippen LogP contribution in [0.3, 0.4) is 0 Å². The van der Waals surface area contributed by atoms with Gasteiger partial charge in [-0.15, -0.1) is 0 Å². The highest BCUT2D eigenvalue weighted by molar-refractivity contribution is 14.1. The SMILES string of the molecule is CCCCc1nc(CC(C)C)c(I)c(NCC)n1. The monoisotopic (exact) mass is 361 g/mol. The third kappa shape index (κ3) is 4.71. The van der Waals surface area contributed by atoms with Gasteiger partial charge in [0.1, 0.15) is 11.6 Å². The van der Waals surface area contributed by atoms with E-state index >= 15 is 0 Å². The van der Waals surface area contributed by atoms with Crippen molar-refractivity contribution in [2.24, 2.45) is 5.92 Å². The van der Waals surface area contributed by atoms with Crippen LogP contribution in [0.25, 0.3) is 0 Å². The van der Waals surface area contributed by atoms with E-state index < -0.39 is 0 Å². The molecule has 0 aromatic carbocycles. The molecule has 4 heteroatoms. The first kappa shape index (κ1) is 15.7. The molecule has 0 saturated carbocycles. The van der Waals surface area contributed by atoms with Gasteiger partial charge < -0.3 is 5.32 Å². The molecule has 0 aliphatic carbocycles. The summed E-state index contributed by atoms with van der Waals surface area (Å²) in [4.78, 5) is 9.37. The topological polar surface area (TPSA) is 37.8 Å². The average molecular weight is 361 g/mol. The lowest BCUT2D eigenvalue weighted by Gasteiger charge is -2.13. The number of hydrogen-bond acceptors (Lipinski definition) is 3. The van der Waals surface area contributed by atoms with Crippen molar-refractivity contribution in [3.8, 4) is 0 Å². The zero-order chi connectivity index (χ0) is 13.5. The number of halogens is 1. The van der Waals surface area contributed by atoms with Gasteiger partial charge in [-0.2, -0.15) is 0 Å². The fraction of sp³-hybridized carbons (Fsp3) is 0.714. The zero-order valence-corrected chi connectivity index (χ0v) is 14.0. The van der Waals surface area contributed by atoms with Crippen molar-refractivity contribution < 1.29 is 0 Å². The molecule has 0 amide bonds. The van der Waals surface area contributed by atoms with Gasteiger partial charge in [-0.25, -0.2) is 9.97 Å². The Kier molecular flexibility index (Phi) is 6.89. The molecule has 1 rings (SSSR count). The van der Waals surface area contributed by atoms with Gasteiger partial charge in [-0.05, 0) is 48.3 Å². The predicted octanol–water partition coefficient (Wildman–Crippen LogP) is 4.05. The predicted molar refractivity (Wildman–Crippen MR) is 86.1 cm³/mol. The van der Waals surface area contributed by atoms with Crippen molar-refractivity contribution in [3.05, 3.63) is 15.1 Å². The molecular formula is C14H24IN3. The Morgan fingerprint density at radius 2 is 1.94 bits per heavy atom. The van der Waals surface area contributed by atoms with Crippen LogP contribution in [0.15, 0.2) is 0 Å². The summed E-state index contributed by atoms with van der Waals surface area (Å²) in [6.45, 7) is 9.67. The first-order chi connectivity index (χ1) is 8.58. The Hall–Kier alpha value is -0.390. The van der Waals surface area contributed by atoms with E-state index in [1.165, 1.54) is 15.7 Å². The maximum Gasteiger partial charge on any atom is 0.143 e. The molecule has 102 valence electrons. The quantitative estimate of drug-likeness (QED) is 0.745. The summed E-state index contributed by atoms with van der Waals surface area (Å²) in [5.74, 6) is 2.63. The summed E-state index contributed by atoms with van der Waals surface area (Å²) in [7, 11) is 0. The summed E-state index contributed by atoms with van der Waals surface area (Å²) >= 11 is 2.36. The van der Waals surface area contributed by atoms with Crippen LogP contribution in [0.2, 0.25) is 0 Å². The van der Waals surface area contributed by atoms with Crippen LogP contribution in [0.4, 0.5) is 5.82 Å². The van der Waals surface area contributed by atoms with E-state index in [-0.39, 0.29) is 0 Å². The molecule has 1 N–H and O–H groups in total. The van der Waals surface area contributed by atoms with E-state index in [1.54, 1.807) is 0 Å². The van der Waals surface area contributed by atoms with Crippen LogP contribution in [0, 0.1) is 9.49 Å². The van der Waals surface area contributed by atoms with Gasteiger partial charge in [0, 0.05) is 13.0 Å². The van der Waals surface area contributed by atoms with Gasteiger partial charge in [0.05, 0.1) is 9.26 Å². The number of nitrogens with one attached hydrogen (secondary N) is 1. The molecule has 0 bridgehead atoms. The fourth-order valence-corrected chi connectivity index (χ4v) is 2.45. The van der Waals surface area contributed by atoms with E-state index in [0.29, 0.717) is 5.92 Å². The number of anilines is 1. The Bertz CT molecular complexity index is 378. The molecule has 0 saturated heterocycles. The maximum atomic E-state index is 4.73. The van der Waals surface area contributed by atoms with Crippen molar-refractivity contribution in [1.29, 1.82) is 0 Å². The highest BCUT2D eigenvalue weighted by Gasteiger charge is 2.12. The Balaban J connectivity index is 3.02. The standard InChI is InChI=1S/C14H24IN3/c1-5-7-8-12-17-11(9-10(3)4)13(15)14(18-12)16-6-2/h10H,5-9H2,1-4H3,(H,16,17,18). The summed E-state index contributed by atoms with van der Waals surface area (Å²) in [5, 5.41) is 3.35. The first-order valence-corrected chi connectivity index (χ1v) is 7.95. The number of rotatable bonds is 7. The number of nitrogens with zero attached hydrogens (tertiary/aromatic N) is 2. The summed E-state index contributed by atoms with van der Waals surface area (Å²) in [6, 6.07) is 0. The van der Waals surface area contributed by atoms with Crippen LogP contribution in [0.5, 0.6) is 0 Å². The Labute approximate surface area is 124 Å². The van der Waals surface area contributed by atoms with E-state index in [0.717, 1.165) is 37.4 Å². The molecule has 1 aromatic heterocycles. The second-order valence-electron chi connectivity index (χ2n) is 4.98. The van der Waals surface area contributed by atoms with Gasteiger partial charge in [-0.1, -0.05) is 27.2 Å². The van der Waals surface area contributed by atoms with Crippen LogP contribution in [-0.2, 0) is 12.8 Å². The lowest BCUT2D eigenvalue weighted by molar-refractivity contribution is 0.625. The number of aromatic nitrogens is 2. The van der Waals surface area contributed by atoms with E-state index in [9.17, 15) is 0 Å². The average Bonchev–Trinajstić information content (AvgIpc) is 2.31. The number of unbranched alkanes of at least 4 members (excludes halogenated alkanes) is 1. The smallest absolute Gasteiger partial charge is 0.143 e. The van der Waals surface area contributed by atoms with Crippen molar-refractivity contribution in [2.75, 3.05) is 11.9 Å². The molecule has 0 atom stereocenters. The van der Waals surface area contributed by atoms with Gasteiger partial charge >= 0.3 is 0 Å². The lowest BCUT2D eigenvalue weighted by atomic mass is 10.1. The summed E-state index contributed by atoms with van der Waals surface area (Å²) in [6.07, 6.45) is 4.36. The van der Waals surface area contributed by atoms with Crippen LogP contribution in [0.1, 0.15) is 52.1 Å². The second-order valence-corrected chi connectivity index (χ2v) is 6.06. The minimum absolute atomic E-state index is 0.627. The Morgan fingerprint density at radius 1 is 1.22 bits per heavy atom. The highest BCUT2D eigenvalue weighted by Crippen LogP contribution is 2.22. The molecule has 0 aliphatic heterocycles. The minimum atomic E-state index is 0.627. The normalized spacial score (nSPS) is 11.0. The lowest BCUT2D eigenvalue weighted by Crippen LogP contribution is -2.11. The van der Waals surface area contributed by atoms with Crippen LogP contribution in [-0.4, -0.2) is 16.5 Å². The molecule has 3 nitrogen and oxygen atoms in total. The number of hydrogen-bond donors (Lipinski definition) is 1. The number of aryl methyl sites for hydroxylation is 1. The van der Waals surface area contributed by atoms with Gasteiger partial charge in [0.15, 0.2) is 0 Å². The molecule has 0 spiro atoms. The van der Waals surface area contributed by atoms with Crippen molar-refractivity contribution >= 4 is 28.4 Å². The summed E-state index contributed by atoms with van der Waals surface area (Å²) in [5.41, 5.74) is 1.20. The van der Waals surface area contributed by atoms with Gasteiger partial charge in [0.2, 0.25) is 0 Å². The van der Waals surface area contributed by atoms with Crippen LogP contribution >= 0.6 is 22.6 Å². The van der Waals surface area contributed by atoms with E-state index in [1.807, 2.05) is 0 Å². The van der Waals surface area contributed by atoms with Crippen molar-refractivity contribution in [2.45, 2.75) is 53.4 Å². The van der Waals surface area contributed by atoms with E-state index in [2.05, 4.69) is 60.6 Å². The Morgan fingerprint density at radius 3 is 2.50 bits per heavy atom. The van der Waals surface area contributed by atoms with Crippen molar-refractivity contribution in [1.82, 2.24) is 9.97 Å². The zero-order valence-electron chi connectivity index (χ0n) is 11.9. The third-order valence-corrected chi connectivity index (χ3v) is 3.80. The van der Waals surface area contributed by atoms with E-state index in [4.69, 9.17) is 4.98 Å². The molecule has 1 aromatic rings. The van der Waals surface area contributed by atoms with Gasteiger partial charge in [-0.3, -0.25) is 0 Å². The molecule has 0 fully saturated rings. The molecule has 0 unspecified atom stereocenters. The van der Waals surface area contributed by atoms with Gasteiger partial charge in [0.25, 0.3) is 0 Å².